The van der Waals surface area contributed by atoms with E-state index in [1.807, 2.05) is 0 Å². The van der Waals surface area contributed by atoms with E-state index in [1.165, 1.54) is 6.07 Å². The summed E-state index contributed by atoms with van der Waals surface area (Å²) in [6.45, 7) is 4.15. The number of halogens is 2. The summed E-state index contributed by atoms with van der Waals surface area (Å²) in [5.41, 5.74) is 1.58. The second kappa shape index (κ2) is 4.07. The Morgan fingerprint density at radius 1 is 1.41 bits per heavy atom. The highest BCUT2D eigenvalue weighted by Gasteiger charge is 2.27. The zero-order valence-electron chi connectivity index (χ0n) is 9.43. The van der Waals surface area contributed by atoms with Crippen LogP contribution in [0.25, 0.3) is 11.0 Å². The molecule has 1 fully saturated rings. The van der Waals surface area contributed by atoms with Gasteiger partial charge in [-0.2, -0.15) is 0 Å². The quantitative estimate of drug-likeness (QED) is 0.850. The Hall–Kier alpha value is -0.940. The molecule has 0 aliphatic carbocycles. The van der Waals surface area contributed by atoms with Gasteiger partial charge in [-0.05, 0) is 34.5 Å². The van der Waals surface area contributed by atoms with E-state index in [4.69, 9.17) is 0 Å². The van der Waals surface area contributed by atoms with Gasteiger partial charge in [-0.3, -0.25) is 0 Å². The van der Waals surface area contributed by atoms with Crippen LogP contribution in [0.5, 0.6) is 0 Å². The zero-order chi connectivity index (χ0) is 12.0. The molecule has 0 bridgehead atoms. The molecule has 1 aliphatic heterocycles. The van der Waals surface area contributed by atoms with Crippen LogP contribution in [0.3, 0.4) is 0 Å². The summed E-state index contributed by atoms with van der Waals surface area (Å²) in [4.78, 5) is 7.78. The van der Waals surface area contributed by atoms with E-state index in [0.29, 0.717) is 16.3 Å². The predicted octanol–water partition coefficient (Wildman–Crippen LogP) is 2.79. The normalized spacial score (nSPS) is 24.6. The highest BCUT2D eigenvalue weighted by atomic mass is 79.9. The molecule has 2 N–H and O–H groups in total. The van der Waals surface area contributed by atoms with Crippen LogP contribution in [-0.2, 0) is 0 Å². The van der Waals surface area contributed by atoms with Crippen molar-refractivity contribution < 1.29 is 4.39 Å². The molecule has 2 unspecified atom stereocenters. The summed E-state index contributed by atoms with van der Waals surface area (Å²) in [5.74, 6) is 1.65. The van der Waals surface area contributed by atoms with E-state index in [0.717, 1.165) is 29.9 Å². The third-order valence-electron chi connectivity index (χ3n) is 3.41. The number of aromatic nitrogens is 2. The number of hydrogen-bond donors (Lipinski definition) is 2. The summed E-state index contributed by atoms with van der Waals surface area (Å²) in [5, 5.41) is 3.34. The van der Waals surface area contributed by atoms with Crippen molar-refractivity contribution in [2.45, 2.75) is 12.8 Å². The molecule has 0 radical (unpaired) electrons. The van der Waals surface area contributed by atoms with Gasteiger partial charge in [0.05, 0.1) is 15.5 Å². The minimum absolute atomic E-state index is 0.259. The van der Waals surface area contributed by atoms with Gasteiger partial charge in [-0.1, -0.05) is 6.92 Å². The van der Waals surface area contributed by atoms with Gasteiger partial charge in [-0.15, -0.1) is 0 Å². The van der Waals surface area contributed by atoms with Crippen LogP contribution in [0, 0.1) is 11.7 Å². The van der Waals surface area contributed by atoms with E-state index in [1.54, 1.807) is 6.07 Å². The Morgan fingerprint density at radius 3 is 2.94 bits per heavy atom. The van der Waals surface area contributed by atoms with Crippen molar-refractivity contribution in [3.8, 4) is 0 Å². The maximum atomic E-state index is 13.4. The molecule has 0 saturated carbocycles. The van der Waals surface area contributed by atoms with Gasteiger partial charge in [0, 0.05) is 18.5 Å². The number of H-pyrrole nitrogens is 1. The lowest BCUT2D eigenvalue weighted by Crippen LogP contribution is -2.09. The van der Waals surface area contributed by atoms with Gasteiger partial charge < -0.3 is 10.3 Å². The smallest absolute Gasteiger partial charge is 0.139 e. The maximum Gasteiger partial charge on any atom is 0.139 e. The second-order valence-electron chi connectivity index (χ2n) is 4.65. The van der Waals surface area contributed by atoms with Crippen LogP contribution in [0.15, 0.2) is 16.6 Å². The molecule has 17 heavy (non-hydrogen) atoms. The van der Waals surface area contributed by atoms with E-state index >= 15 is 0 Å². The number of aromatic amines is 1. The molecule has 2 atom stereocenters. The van der Waals surface area contributed by atoms with Gasteiger partial charge in [0.1, 0.15) is 11.6 Å². The van der Waals surface area contributed by atoms with E-state index in [-0.39, 0.29) is 5.82 Å². The van der Waals surface area contributed by atoms with Gasteiger partial charge in [-0.25, -0.2) is 9.37 Å². The lowest BCUT2D eigenvalue weighted by atomic mass is 9.98. The first-order valence-corrected chi connectivity index (χ1v) is 6.50. The zero-order valence-corrected chi connectivity index (χ0v) is 11.0. The minimum Gasteiger partial charge on any atom is -0.342 e. The van der Waals surface area contributed by atoms with Crippen LogP contribution in [0.1, 0.15) is 18.7 Å². The van der Waals surface area contributed by atoms with Crippen LogP contribution in [0.2, 0.25) is 0 Å². The van der Waals surface area contributed by atoms with Crippen molar-refractivity contribution in [2.24, 2.45) is 5.92 Å². The molecular formula is C12H13BrFN3. The molecular weight excluding hydrogens is 285 g/mol. The number of nitrogens with one attached hydrogen (secondary N) is 2. The molecule has 1 saturated heterocycles. The molecule has 1 aromatic carbocycles. The minimum atomic E-state index is -0.259. The third kappa shape index (κ3) is 1.87. The van der Waals surface area contributed by atoms with Crippen molar-refractivity contribution in [3.05, 3.63) is 28.2 Å². The first-order chi connectivity index (χ1) is 8.15. The SMILES string of the molecule is CC1CNCC1c1nc2cc(Br)c(F)cc2[nH]1. The third-order valence-corrected chi connectivity index (χ3v) is 4.02. The summed E-state index contributed by atoms with van der Waals surface area (Å²) in [6, 6.07) is 3.21. The van der Waals surface area contributed by atoms with Crippen molar-refractivity contribution in [1.82, 2.24) is 15.3 Å². The summed E-state index contributed by atoms with van der Waals surface area (Å²) >= 11 is 3.18. The summed E-state index contributed by atoms with van der Waals surface area (Å²) in [6.07, 6.45) is 0. The predicted molar refractivity (Wildman–Crippen MR) is 68.5 cm³/mol. The van der Waals surface area contributed by atoms with Crippen LogP contribution in [0.4, 0.5) is 4.39 Å². The first kappa shape index (κ1) is 11.2. The molecule has 0 spiro atoms. The standard InChI is InChI=1S/C12H13BrFN3/c1-6-4-15-5-7(6)12-16-10-2-8(13)9(14)3-11(10)17-12/h2-3,6-7,15H,4-5H2,1H3,(H,16,17). The number of hydrogen-bond acceptors (Lipinski definition) is 2. The van der Waals surface area contributed by atoms with Gasteiger partial charge in [0.15, 0.2) is 0 Å². The van der Waals surface area contributed by atoms with E-state index < -0.39 is 0 Å². The Balaban J connectivity index is 2.07. The van der Waals surface area contributed by atoms with Gasteiger partial charge >= 0.3 is 0 Å². The average molecular weight is 298 g/mol. The largest absolute Gasteiger partial charge is 0.342 e. The molecule has 5 heteroatoms. The number of fused-ring (bicyclic) bond motifs is 1. The number of benzene rings is 1. The van der Waals surface area contributed by atoms with Gasteiger partial charge in [0.2, 0.25) is 0 Å². The molecule has 1 aromatic heterocycles. The number of rotatable bonds is 1. The van der Waals surface area contributed by atoms with Crippen molar-refractivity contribution >= 4 is 27.0 Å². The van der Waals surface area contributed by atoms with Crippen LogP contribution < -0.4 is 5.32 Å². The molecule has 3 nitrogen and oxygen atoms in total. The average Bonchev–Trinajstić information content (AvgIpc) is 2.85. The molecule has 3 rings (SSSR count). The fourth-order valence-electron chi connectivity index (χ4n) is 2.38. The van der Waals surface area contributed by atoms with Gasteiger partial charge in [0.25, 0.3) is 0 Å². The Bertz CT molecular complexity index is 527. The van der Waals surface area contributed by atoms with Crippen LogP contribution in [-0.4, -0.2) is 23.1 Å². The first-order valence-electron chi connectivity index (χ1n) is 5.70. The topological polar surface area (TPSA) is 40.7 Å². The molecule has 2 heterocycles. The molecule has 0 amide bonds. The summed E-state index contributed by atoms with van der Waals surface area (Å²) in [7, 11) is 0. The Morgan fingerprint density at radius 2 is 2.24 bits per heavy atom. The number of imidazole rings is 1. The maximum absolute atomic E-state index is 13.4. The molecule has 2 aromatic rings. The Kier molecular flexibility index (Phi) is 2.67. The van der Waals surface area contributed by atoms with Crippen molar-refractivity contribution in [2.75, 3.05) is 13.1 Å². The Labute approximate surface area is 107 Å². The fourth-order valence-corrected chi connectivity index (χ4v) is 2.71. The van der Waals surface area contributed by atoms with Crippen LogP contribution >= 0.6 is 15.9 Å². The highest BCUT2D eigenvalue weighted by Crippen LogP contribution is 2.29. The highest BCUT2D eigenvalue weighted by molar-refractivity contribution is 9.10. The molecule has 1 aliphatic rings. The fraction of sp³-hybridized carbons (Fsp3) is 0.417. The lowest BCUT2D eigenvalue weighted by molar-refractivity contribution is 0.551. The summed E-state index contributed by atoms with van der Waals surface area (Å²) < 4.78 is 13.9. The number of nitrogens with zero attached hydrogens (tertiary/aromatic N) is 1. The monoisotopic (exact) mass is 297 g/mol. The van der Waals surface area contributed by atoms with E-state index in [2.05, 4.69) is 38.1 Å². The molecule has 90 valence electrons. The second-order valence-corrected chi connectivity index (χ2v) is 5.50. The lowest BCUT2D eigenvalue weighted by Gasteiger charge is -2.09. The van der Waals surface area contributed by atoms with Crippen molar-refractivity contribution in [1.29, 1.82) is 0 Å². The van der Waals surface area contributed by atoms with E-state index in [9.17, 15) is 4.39 Å². The van der Waals surface area contributed by atoms with Crippen molar-refractivity contribution in [3.63, 3.8) is 0 Å².